The molecule has 1 unspecified atom stereocenters. The standard InChI is InChI=1S/C22H22N2O4S2/c1-16-9-11-17(12-10-16)14-23-21(25)22(26)24-15-20(19-8-5-13-29-19)30(27,28)18-6-3-2-4-7-18/h2-13,20H,14-15H2,1H3,(H,23,25)(H,24,26). The van der Waals surface area contributed by atoms with Crippen molar-refractivity contribution in [3.05, 3.63) is 88.1 Å². The zero-order valence-corrected chi connectivity index (χ0v) is 18.0. The molecule has 2 N–H and O–H groups in total. The van der Waals surface area contributed by atoms with E-state index in [2.05, 4.69) is 10.6 Å². The molecule has 0 bridgehead atoms. The van der Waals surface area contributed by atoms with Crippen LogP contribution < -0.4 is 10.6 Å². The molecule has 1 atom stereocenters. The Bertz CT molecular complexity index is 1090. The minimum atomic E-state index is -3.74. The van der Waals surface area contributed by atoms with E-state index < -0.39 is 26.9 Å². The molecule has 0 aliphatic heterocycles. The first kappa shape index (κ1) is 21.7. The summed E-state index contributed by atoms with van der Waals surface area (Å²) in [7, 11) is -3.74. The Hall–Kier alpha value is -2.97. The molecule has 0 saturated heterocycles. The first-order valence-electron chi connectivity index (χ1n) is 9.32. The second-order valence-corrected chi connectivity index (χ2v) is 9.85. The van der Waals surface area contributed by atoms with Crippen molar-refractivity contribution in [2.24, 2.45) is 0 Å². The number of carbonyl (C=O) groups excluding carboxylic acids is 2. The maximum atomic E-state index is 13.1. The molecule has 30 heavy (non-hydrogen) atoms. The summed E-state index contributed by atoms with van der Waals surface area (Å²) in [6.45, 7) is 1.97. The van der Waals surface area contributed by atoms with E-state index in [-0.39, 0.29) is 18.0 Å². The number of amides is 2. The zero-order valence-electron chi connectivity index (χ0n) is 16.4. The number of nitrogens with one attached hydrogen (secondary N) is 2. The summed E-state index contributed by atoms with van der Waals surface area (Å²) in [5.41, 5.74) is 1.96. The second kappa shape index (κ2) is 9.69. The fourth-order valence-corrected chi connectivity index (χ4v) is 5.65. The van der Waals surface area contributed by atoms with Gasteiger partial charge < -0.3 is 10.6 Å². The topological polar surface area (TPSA) is 92.3 Å². The number of aryl methyl sites for hydroxylation is 1. The van der Waals surface area contributed by atoms with Crippen LogP contribution in [0.2, 0.25) is 0 Å². The molecule has 0 aliphatic rings. The van der Waals surface area contributed by atoms with E-state index in [1.165, 1.54) is 23.5 Å². The summed E-state index contributed by atoms with van der Waals surface area (Å²) < 4.78 is 26.2. The van der Waals surface area contributed by atoms with Gasteiger partial charge in [0.1, 0.15) is 5.25 Å². The summed E-state index contributed by atoms with van der Waals surface area (Å²) >= 11 is 1.29. The SMILES string of the molecule is Cc1ccc(CNC(=O)C(=O)NCC(c2cccs2)S(=O)(=O)c2ccccc2)cc1. The van der Waals surface area contributed by atoms with Gasteiger partial charge in [-0.2, -0.15) is 0 Å². The monoisotopic (exact) mass is 442 g/mol. The lowest BCUT2D eigenvalue weighted by Gasteiger charge is -2.17. The molecule has 1 heterocycles. The normalized spacial score (nSPS) is 12.2. The minimum absolute atomic E-state index is 0.168. The number of thiophene rings is 1. The molecule has 2 aromatic carbocycles. The summed E-state index contributed by atoms with van der Waals surface area (Å²) in [5.74, 6) is -1.68. The maximum Gasteiger partial charge on any atom is 0.309 e. The van der Waals surface area contributed by atoms with E-state index in [9.17, 15) is 18.0 Å². The van der Waals surface area contributed by atoms with E-state index >= 15 is 0 Å². The molecule has 3 aromatic rings. The van der Waals surface area contributed by atoms with Gasteiger partial charge in [-0.05, 0) is 36.1 Å². The largest absolute Gasteiger partial charge is 0.346 e. The summed E-state index contributed by atoms with van der Waals surface area (Å²) in [5, 5.41) is 5.82. The van der Waals surface area contributed by atoms with Crippen LogP contribution in [0.15, 0.2) is 77.0 Å². The predicted octanol–water partition coefficient (Wildman–Crippen LogP) is 3.00. The Morgan fingerprint density at radius 1 is 0.900 bits per heavy atom. The molecule has 0 fully saturated rings. The molecular formula is C22H22N2O4S2. The van der Waals surface area contributed by atoms with E-state index in [1.54, 1.807) is 35.7 Å². The summed E-state index contributed by atoms with van der Waals surface area (Å²) in [6.07, 6.45) is 0. The Morgan fingerprint density at radius 2 is 1.57 bits per heavy atom. The van der Waals surface area contributed by atoms with Crippen LogP contribution in [-0.4, -0.2) is 26.8 Å². The average molecular weight is 443 g/mol. The highest BCUT2D eigenvalue weighted by atomic mass is 32.2. The molecule has 8 heteroatoms. The van der Waals surface area contributed by atoms with E-state index in [1.807, 2.05) is 31.2 Å². The highest BCUT2D eigenvalue weighted by molar-refractivity contribution is 7.91. The third kappa shape index (κ3) is 5.34. The fraction of sp³-hybridized carbons (Fsp3) is 0.182. The second-order valence-electron chi connectivity index (χ2n) is 6.74. The van der Waals surface area contributed by atoms with Gasteiger partial charge in [0.2, 0.25) is 0 Å². The molecule has 0 saturated carbocycles. The van der Waals surface area contributed by atoms with Crippen molar-refractivity contribution >= 4 is 33.0 Å². The quantitative estimate of drug-likeness (QED) is 0.550. The fourth-order valence-electron chi connectivity index (χ4n) is 2.85. The van der Waals surface area contributed by atoms with Crippen molar-refractivity contribution in [2.75, 3.05) is 6.54 Å². The predicted molar refractivity (Wildman–Crippen MR) is 117 cm³/mol. The smallest absolute Gasteiger partial charge is 0.309 e. The molecule has 156 valence electrons. The van der Waals surface area contributed by atoms with Crippen molar-refractivity contribution in [3.8, 4) is 0 Å². The van der Waals surface area contributed by atoms with Gasteiger partial charge in [-0.25, -0.2) is 8.42 Å². The Balaban J connectivity index is 1.66. The van der Waals surface area contributed by atoms with Gasteiger partial charge in [0.15, 0.2) is 9.84 Å². The van der Waals surface area contributed by atoms with Crippen molar-refractivity contribution in [3.63, 3.8) is 0 Å². The van der Waals surface area contributed by atoms with Crippen LogP contribution in [0.4, 0.5) is 0 Å². The third-order valence-corrected chi connectivity index (χ3v) is 7.77. The van der Waals surface area contributed by atoms with Crippen molar-refractivity contribution in [1.82, 2.24) is 10.6 Å². The number of hydrogen-bond donors (Lipinski definition) is 2. The number of sulfone groups is 1. The Kier molecular flexibility index (Phi) is 7.02. The summed E-state index contributed by atoms with van der Waals surface area (Å²) in [4.78, 5) is 25.1. The van der Waals surface area contributed by atoms with Crippen LogP contribution in [0.1, 0.15) is 21.3 Å². The van der Waals surface area contributed by atoms with Gasteiger partial charge in [0, 0.05) is 18.0 Å². The molecule has 0 radical (unpaired) electrons. The first-order valence-corrected chi connectivity index (χ1v) is 11.7. The number of benzene rings is 2. The highest BCUT2D eigenvalue weighted by Crippen LogP contribution is 2.31. The number of hydrogen-bond acceptors (Lipinski definition) is 5. The Morgan fingerprint density at radius 3 is 2.20 bits per heavy atom. The van der Waals surface area contributed by atoms with Gasteiger partial charge in [-0.3, -0.25) is 9.59 Å². The van der Waals surface area contributed by atoms with Gasteiger partial charge in [0.05, 0.1) is 4.90 Å². The van der Waals surface area contributed by atoms with E-state index in [0.29, 0.717) is 4.88 Å². The highest BCUT2D eigenvalue weighted by Gasteiger charge is 2.31. The van der Waals surface area contributed by atoms with Crippen LogP contribution >= 0.6 is 11.3 Å². The molecule has 6 nitrogen and oxygen atoms in total. The Labute approximate surface area is 179 Å². The molecule has 2 amide bonds. The van der Waals surface area contributed by atoms with Gasteiger partial charge in [0.25, 0.3) is 0 Å². The van der Waals surface area contributed by atoms with Gasteiger partial charge in [-0.15, -0.1) is 11.3 Å². The van der Waals surface area contributed by atoms with Crippen molar-refractivity contribution < 1.29 is 18.0 Å². The number of carbonyl (C=O) groups is 2. The molecule has 0 spiro atoms. The lowest BCUT2D eigenvalue weighted by atomic mass is 10.1. The number of rotatable bonds is 7. The zero-order chi connectivity index (χ0) is 21.6. The molecular weight excluding hydrogens is 420 g/mol. The van der Waals surface area contributed by atoms with Crippen molar-refractivity contribution in [1.29, 1.82) is 0 Å². The third-order valence-electron chi connectivity index (χ3n) is 4.53. The van der Waals surface area contributed by atoms with Gasteiger partial charge in [-0.1, -0.05) is 54.1 Å². The van der Waals surface area contributed by atoms with E-state index in [0.717, 1.165) is 11.1 Å². The van der Waals surface area contributed by atoms with Crippen molar-refractivity contribution in [2.45, 2.75) is 23.6 Å². The molecule has 1 aromatic heterocycles. The van der Waals surface area contributed by atoms with Crippen LogP contribution in [0.25, 0.3) is 0 Å². The maximum absolute atomic E-state index is 13.1. The van der Waals surface area contributed by atoms with E-state index in [4.69, 9.17) is 0 Å². The first-order chi connectivity index (χ1) is 14.4. The van der Waals surface area contributed by atoms with Crippen LogP contribution in [0.5, 0.6) is 0 Å². The van der Waals surface area contributed by atoms with Crippen LogP contribution in [0.3, 0.4) is 0 Å². The van der Waals surface area contributed by atoms with Crippen LogP contribution in [0, 0.1) is 6.92 Å². The lowest BCUT2D eigenvalue weighted by Crippen LogP contribution is -2.42. The average Bonchev–Trinajstić information content (AvgIpc) is 3.28. The van der Waals surface area contributed by atoms with Gasteiger partial charge >= 0.3 is 11.8 Å². The van der Waals surface area contributed by atoms with Crippen LogP contribution in [-0.2, 0) is 26.0 Å². The lowest BCUT2D eigenvalue weighted by molar-refractivity contribution is -0.139. The summed E-state index contributed by atoms with van der Waals surface area (Å²) in [6, 6.07) is 19.1. The molecule has 3 rings (SSSR count). The minimum Gasteiger partial charge on any atom is -0.346 e. The molecule has 0 aliphatic carbocycles.